The molecule has 0 heterocycles. The molecule has 0 amide bonds. The summed E-state index contributed by atoms with van der Waals surface area (Å²) >= 11 is 0. The van der Waals surface area contributed by atoms with Crippen LogP contribution in [0.5, 0.6) is 0 Å². The third-order valence-corrected chi connectivity index (χ3v) is 3.57. The molecule has 0 aliphatic heterocycles. The van der Waals surface area contributed by atoms with Gasteiger partial charge < -0.3 is 11.1 Å². The Balaban J connectivity index is 2.05. The monoisotopic (exact) mass is 232 g/mol. The van der Waals surface area contributed by atoms with E-state index in [1.165, 1.54) is 17.5 Å². The molecule has 0 radical (unpaired) electrons. The van der Waals surface area contributed by atoms with Gasteiger partial charge in [-0.25, -0.2) is 0 Å². The molecule has 1 aliphatic rings. The number of nitrogens with one attached hydrogen (secondary N) is 1. The normalized spacial score (nSPS) is 25.0. The first-order chi connectivity index (χ1) is 8.08. The molecule has 0 bridgehead atoms. The number of hydrogen-bond acceptors (Lipinski definition) is 2. The average Bonchev–Trinajstić information content (AvgIpc) is 2.55. The molecule has 3 N–H and O–H groups in total. The van der Waals surface area contributed by atoms with Crippen molar-refractivity contribution < 1.29 is 0 Å². The van der Waals surface area contributed by atoms with Gasteiger partial charge in [-0.1, -0.05) is 38.1 Å². The lowest BCUT2D eigenvalue weighted by Gasteiger charge is -2.21. The Kier molecular flexibility index (Phi) is 3.85. The quantitative estimate of drug-likeness (QED) is 0.837. The highest BCUT2D eigenvalue weighted by atomic mass is 15.0. The van der Waals surface area contributed by atoms with Crippen LogP contribution in [0, 0.1) is 5.92 Å². The van der Waals surface area contributed by atoms with Crippen molar-refractivity contribution in [3.63, 3.8) is 0 Å². The molecular formula is C15H24N2. The molecule has 2 nitrogen and oxygen atoms in total. The van der Waals surface area contributed by atoms with Gasteiger partial charge in [-0.15, -0.1) is 0 Å². The van der Waals surface area contributed by atoms with Crippen molar-refractivity contribution in [1.82, 2.24) is 5.32 Å². The van der Waals surface area contributed by atoms with Crippen LogP contribution in [0.1, 0.15) is 56.8 Å². The first kappa shape index (κ1) is 12.6. The maximum Gasteiger partial charge on any atom is 0.0343 e. The largest absolute Gasteiger partial charge is 0.324 e. The van der Waals surface area contributed by atoms with Crippen LogP contribution in [0.3, 0.4) is 0 Å². The minimum Gasteiger partial charge on any atom is -0.324 e. The van der Waals surface area contributed by atoms with E-state index in [2.05, 4.69) is 50.4 Å². The van der Waals surface area contributed by atoms with Crippen molar-refractivity contribution in [2.75, 3.05) is 0 Å². The first-order valence-electron chi connectivity index (χ1n) is 6.68. The highest BCUT2D eigenvalue weighted by Gasteiger charge is 2.28. The molecule has 2 heteroatoms. The summed E-state index contributed by atoms with van der Waals surface area (Å²) in [6.07, 6.45) is 2.25. The molecule has 2 rings (SSSR count). The van der Waals surface area contributed by atoms with Crippen LogP contribution in [0.2, 0.25) is 0 Å². The van der Waals surface area contributed by atoms with Crippen molar-refractivity contribution in [1.29, 1.82) is 0 Å². The van der Waals surface area contributed by atoms with E-state index >= 15 is 0 Å². The zero-order valence-electron chi connectivity index (χ0n) is 11.1. The molecule has 0 spiro atoms. The second kappa shape index (κ2) is 5.19. The fourth-order valence-corrected chi connectivity index (χ4v) is 2.95. The second-order valence-corrected chi connectivity index (χ2v) is 5.72. The molecule has 3 atom stereocenters. The van der Waals surface area contributed by atoms with Gasteiger partial charge in [0.25, 0.3) is 0 Å². The summed E-state index contributed by atoms with van der Waals surface area (Å²) in [7, 11) is 0. The summed E-state index contributed by atoms with van der Waals surface area (Å²) in [6.45, 7) is 6.81. The van der Waals surface area contributed by atoms with Gasteiger partial charge in [0.15, 0.2) is 0 Å². The molecule has 17 heavy (non-hydrogen) atoms. The topological polar surface area (TPSA) is 38.0 Å². The number of nitrogens with two attached hydrogens (primary N) is 1. The summed E-state index contributed by atoms with van der Waals surface area (Å²) < 4.78 is 0. The molecule has 94 valence electrons. The van der Waals surface area contributed by atoms with Crippen LogP contribution in [0.25, 0.3) is 0 Å². The van der Waals surface area contributed by atoms with E-state index in [4.69, 9.17) is 5.73 Å². The Labute approximate surface area is 105 Å². The van der Waals surface area contributed by atoms with Gasteiger partial charge in [0.2, 0.25) is 0 Å². The van der Waals surface area contributed by atoms with Gasteiger partial charge in [0.1, 0.15) is 0 Å². The van der Waals surface area contributed by atoms with Gasteiger partial charge in [-0.05, 0) is 36.8 Å². The molecule has 0 fully saturated rings. The fraction of sp³-hybridized carbons (Fsp3) is 0.600. The lowest BCUT2D eigenvalue weighted by atomic mass is 10.0. The lowest BCUT2D eigenvalue weighted by Crippen LogP contribution is -2.30. The molecule has 3 unspecified atom stereocenters. The number of benzene rings is 1. The summed E-state index contributed by atoms with van der Waals surface area (Å²) in [5.41, 5.74) is 8.89. The van der Waals surface area contributed by atoms with Crippen LogP contribution in [-0.2, 0) is 0 Å². The van der Waals surface area contributed by atoms with E-state index in [0.717, 1.165) is 12.3 Å². The fourth-order valence-electron chi connectivity index (χ4n) is 2.95. The Morgan fingerprint density at radius 1 is 1.24 bits per heavy atom. The SMILES string of the molecule is CC(C)CC(C)NC1CC(N)c2ccccc21. The molecule has 1 aromatic carbocycles. The molecule has 0 saturated heterocycles. The predicted molar refractivity (Wildman–Crippen MR) is 72.8 cm³/mol. The highest BCUT2D eigenvalue weighted by molar-refractivity contribution is 5.37. The smallest absolute Gasteiger partial charge is 0.0343 e. The Hall–Kier alpha value is -0.860. The number of hydrogen-bond donors (Lipinski definition) is 2. The van der Waals surface area contributed by atoms with Gasteiger partial charge in [-0.3, -0.25) is 0 Å². The molecule has 1 aromatic rings. The van der Waals surface area contributed by atoms with E-state index in [1.807, 2.05) is 0 Å². The Morgan fingerprint density at radius 3 is 2.53 bits per heavy atom. The number of fused-ring (bicyclic) bond motifs is 1. The maximum atomic E-state index is 6.17. The van der Waals surface area contributed by atoms with E-state index in [9.17, 15) is 0 Å². The predicted octanol–water partition coefficient (Wildman–Crippen LogP) is 3.16. The molecule has 1 aliphatic carbocycles. The summed E-state index contributed by atoms with van der Waals surface area (Å²) in [5.74, 6) is 0.739. The summed E-state index contributed by atoms with van der Waals surface area (Å²) in [5, 5.41) is 3.72. The minimum atomic E-state index is 0.204. The summed E-state index contributed by atoms with van der Waals surface area (Å²) in [6, 6.07) is 9.76. The zero-order chi connectivity index (χ0) is 12.4. The van der Waals surface area contributed by atoms with Crippen LogP contribution in [0.4, 0.5) is 0 Å². The second-order valence-electron chi connectivity index (χ2n) is 5.72. The zero-order valence-corrected chi connectivity index (χ0v) is 11.1. The van der Waals surface area contributed by atoms with Gasteiger partial charge in [0.05, 0.1) is 0 Å². The Morgan fingerprint density at radius 2 is 1.88 bits per heavy atom. The van der Waals surface area contributed by atoms with Crippen molar-refractivity contribution >= 4 is 0 Å². The third kappa shape index (κ3) is 2.88. The Bertz CT molecular complexity index is 373. The van der Waals surface area contributed by atoms with Gasteiger partial charge in [0, 0.05) is 18.1 Å². The molecule has 0 saturated carbocycles. The number of rotatable bonds is 4. The lowest BCUT2D eigenvalue weighted by molar-refractivity contribution is 0.384. The molecular weight excluding hydrogens is 208 g/mol. The van der Waals surface area contributed by atoms with E-state index < -0.39 is 0 Å². The van der Waals surface area contributed by atoms with Crippen molar-refractivity contribution in [2.24, 2.45) is 11.7 Å². The van der Waals surface area contributed by atoms with Crippen LogP contribution < -0.4 is 11.1 Å². The summed E-state index contributed by atoms with van der Waals surface area (Å²) in [4.78, 5) is 0. The van der Waals surface area contributed by atoms with E-state index in [1.54, 1.807) is 0 Å². The van der Waals surface area contributed by atoms with Crippen molar-refractivity contribution in [2.45, 2.75) is 51.7 Å². The highest BCUT2D eigenvalue weighted by Crippen LogP contribution is 2.37. The minimum absolute atomic E-state index is 0.204. The van der Waals surface area contributed by atoms with Crippen LogP contribution in [-0.4, -0.2) is 6.04 Å². The average molecular weight is 232 g/mol. The van der Waals surface area contributed by atoms with Crippen LogP contribution >= 0.6 is 0 Å². The van der Waals surface area contributed by atoms with Gasteiger partial charge >= 0.3 is 0 Å². The van der Waals surface area contributed by atoms with Crippen molar-refractivity contribution in [3.8, 4) is 0 Å². The van der Waals surface area contributed by atoms with E-state index in [-0.39, 0.29) is 6.04 Å². The van der Waals surface area contributed by atoms with E-state index in [0.29, 0.717) is 12.1 Å². The van der Waals surface area contributed by atoms with Crippen LogP contribution in [0.15, 0.2) is 24.3 Å². The third-order valence-electron chi connectivity index (χ3n) is 3.57. The standard InChI is InChI=1S/C15H24N2/c1-10(2)8-11(3)17-15-9-14(16)12-6-4-5-7-13(12)15/h4-7,10-11,14-15,17H,8-9,16H2,1-3H3. The van der Waals surface area contributed by atoms with Crippen molar-refractivity contribution in [3.05, 3.63) is 35.4 Å². The maximum absolute atomic E-state index is 6.17. The molecule has 0 aromatic heterocycles. The van der Waals surface area contributed by atoms with Gasteiger partial charge in [-0.2, -0.15) is 0 Å². The first-order valence-corrected chi connectivity index (χ1v) is 6.68.